The molecule has 0 atom stereocenters. The van der Waals surface area contributed by atoms with E-state index >= 15 is 0 Å². The van der Waals surface area contributed by atoms with E-state index in [0.29, 0.717) is 0 Å². The number of fused-ring (bicyclic) bond motifs is 14. The monoisotopic (exact) mass is 1570 g/mol. The van der Waals surface area contributed by atoms with Crippen LogP contribution in [0.25, 0.3) is 111 Å². The summed E-state index contributed by atoms with van der Waals surface area (Å²) in [4.78, 5) is 5.53. The van der Waals surface area contributed by atoms with E-state index in [1.54, 1.807) is 0 Å². The first-order valence-electron chi connectivity index (χ1n) is 43.7. The zero-order valence-electron chi connectivity index (χ0n) is 72.9. The van der Waals surface area contributed by atoms with Crippen LogP contribution in [0.15, 0.2) is 352 Å². The summed E-state index contributed by atoms with van der Waals surface area (Å²) < 4.78 is 5.19. The fraction of sp³-hybridized carbons (Fsp3) is 0.179. The molecule has 0 bridgehead atoms. The van der Waals surface area contributed by atoms with Crippen molar-refractivity contribution in [1.29, 1.82) is 0 Å². The van der Waals surface area contributed by atoms with Gasteiger partial charge in [0.05, 0.1) is 38.9 Å². The highest BCUT2D eigenvalue weighted by Gasteiger charge is 2.50. The van der Waals surface area contributed by atoms with Crippen LogP contribution in [0.5, 0.6) is 0 Å². The van der Waals surface area contributed by atoms with Crippen LogP contribution in [0, 0.1) is 0 Å². The van der Waals surface area contributed by atoms with Gasteiger partial charge in [0, 0.05) is 77.9 Å². The van der Waals surface area contributed by atoms with Gasteiger partial charge in [-0.3, -0.25) is 0 Å². The van der Waals surface area contributed by atoms with Crippen molar-refractivity contribution in [3.8, 4) is 67.0 Å². The molecular formula is C117H103BN4. The van der Waals surface area contributed by atoms with Crippen molar-refractivity contribution in [2.45, 2.75) is 136 Å². The Kier molecular flexibility index (Phi) is 17.4. The summed E-state index contributed by atoms with van der Waals surface area (Å²) in [6, 6.07) is 136. The Bertz CT molecular complexity index is 7010. The average molecular weight is 1580 g/mol. The fourth-order valence-electron chi connectivity index (χ4n) is 20.6. The molecule has 21 rings (SSSR count). The summed E-state index contributed by atoms with van der Waals surface area (Å²) in [6.07, 6.45) is 0. The number of anilines is 6. The van der Waals surface area contributed by atoms with Crippen molar-refractivity contribution in [3.63, 3.8) is 0 Å². The standard InChI is InChI=1S/C117H103BN4/c1-112(2,3)80-54-61-100-94(64-80)95-65-81(113(4,5)6)55-62-101(95)119(100)85-56-59-97-103(72-85)121(110-90(74-38-22-16-23-39-74)66-82(114(7,8)9)67-91(110)75-40-24-17-25-41-75)105-70-84(116(13,14)15)71-106-109(105)118(97)98-60-57-86(73-104(98)122(106)111-92(76-42-26-18-27-43-76)68-83(115(10,11)12)69-93(111)77-44-28-19-29-45-77)120-99-53-37-35-51-89(99)107-102(120)63-58-88-87-50-34-36-52-96(87)117(108(88)107,78-46-30-20-31-47-78)79-48-32-21-33-49-79/h16-73H,1-15H3. The van der Waals surface area contributed by atoms with Gasteiger partial charge in [-0.1, -0.05) is 359 Å². The average Bonchev–Trinajstić information content (AvgIpc) is 1.38. The molecule has 0 spiro atoms. The molecule has 594 valence electrons. The molecule has 4 nitrogen and oxygen atoms in total. The Balaban J connectivity index is 0.932. The minimum atomic E-state index is -0.657. The predicted molar refractivity (Wildman–Crippen MR) is 522 cm³/mol. The van der Waals surface area contributed by atoms with E-state index in [0.717, 1.165) is 89.9 Å². The summed E-state index contributed by atoms with van der Waals surface area (Å²) in [5.74, 6) is 0. The maximum absolute atomic E-state index is 2.77. The normalized spacial score (nSPS) is 13.7. The molecule has 0 fully saturated rings. The van der Waals surface area contributed by atoms with E-state index in [1.165, 1.54) is 121 Å². The van der Waals surface area contributed by atoms with Crippen LogP contribution in [0.1, 0.15) is 154 Å². The lowest BCUT2D eigenvalue weighted by Gasteiger charge is -2.47. The molecule has 0 saturated carbocycles. The molecular weight excluding hydrogens is 1470 g/mol. The molecule has 0 N–H and O–H groups in total. The lowest BCUT2D eigenvalue weighted by molar-refractivity contribution is 0.590. The highest BCUT2D eigenvalue weighted by molar-refractivity contribution is 7.00. The third kappa shape index (κ3) is 12.0. The molecule has 3 aliphatic rings. The highest BCUT2D eigenvalue weighted by atomic mass is 15.2. The molecule has 0 amide bonds. The van der Waals surface area contributed by atoms with E-state index in [1.807, 2.05) is 0 Å². The summed E-state index contributed by atoms with van der Waals surface area (Å²) in [5.41, 5.74) is 39.0. The first kappa shape index (κ1) is 76.2. The molecule has 0 saturated heterocycles. The van der Waals surface area contributed by atoms with Crippen LogP contribution in [0.2, 0.25) is 0 Å². The van der Waals surface area contributed by atoms with Crippen molar-refractivity contribution < 1.29 is 0 Å². The van der Waals surface area contributed by atoms with Crippen LogP contribution in [0.4, 0.5) is 34.1 Å². The van der Waals surface area contributed by atoms with E-state index in [-0.39, 0.29) is 33.8 Å². The fourth-order valence-corrected chi connectivity index (χ4v) is 20.6. The molecule has 2 aliphatic heterocycles. The van der Waals surface area contributed by atoms with E-state index < -0.39 is 5.41 Å². The van der Waals surface area contributed by atoms with Crippen molar-refractivity contribution >= 4 is 101 Å². The maximum Gasteiger partial charge on any atom is 0.252 e. The first-order valence-corrected chi connectivity index (χ1v) is 43.7. The summed E-state index contributed by atoms with van der Waals surface area (Å²) in [5, 5.41) is 4.98. The number of aromatic nitrogens is 2. The minimum Gasteiger partial charge on any atom is -0.310 e. The van der Waals surface area contributed by atoms with Gasteiger partial charge in [0.2, 0.25) is 0 Å². The zero-order chi connectivity index (χ0) is 83.8. The number of rotatable bonds is 10. The third-order valence-electron chi connectivity index (χ3n) is 26.9. The van der Waals surface area contributed by atoms with E-state index in [2.05, 4.69) is 475 Å². The number of benzene rings is 16. The molecule has 1 aliphatic carbocycles. The predicted octanol–water partition coefficient (Wildman–Crippen LogP) is 29.5. The van der Waals surface area contributed by atoms with Crippen molar-refractivity contribution in [3.05, 3.63) is 402 Å². The van der Waals surface area contributed by atoms with Crippen LogP contribution >= 0.6 is 0 Å². The van der Waals surface area contributed by atoms with E-state index in [4.69, 9.17) is 0 Å². The smallest absolute Gasteiger partial charge is 0.252 e. The molecule has 122 heavy (non-hydrogen) atoms. The Morgan fingerprint density at radius 3 is 1.00 bits per heavy atom. The van der Waals surface area contributed by atoms with Gasteiger partial charge in [0.15, 0.2) is 0 Å². The van der Waals surface area contributed by atoms with Crippen molar-refractivity contribution in [1.82, 2.24) is 9.13 Å². The quantitative estimate of drug-likeness (QED) is 0.127. The summed E-state index contributed by atoms with van der Waals surface area (Å²) in [6.45, 7) is 35.2. The van der Waals surface area contributed by atoms with Crippen molar-refractivity contribution in [2.75, 3.05) is 9.80 Å². The molecule has 2 aromatic heterocycles. The lowest BCUT2D eigenvalue weighted by Crippen LogP contribution is -2.61. The SMILES string of the molecule is CC(C)(C)c1cc(-c2ccccc2)c(N2c3cc(-n4c5ccc(C(C)(C)C)cc5c5cc(C(C)(C)C)ccc54)ccc3B3c4ccc(-n5c6ccccc6c6c7c(ccc65)-c5ccccc5C7(c5ccccc5)c5ccccc5)cc4N(c4c(-c5ccccc5)cc(C(C)(C)C)cc4-c4ccccc4)c4cc(C(C)(C)C)cc2c43)c(-c2ccccc2)c1. The van der Waals surface area contributed by atoms with Gasteiger partial charge in [-0.25, -0.2) is 0 Å². The number of para-hydroxylation sites is 1. The number of hydrogen-bond acceptors (Lipinski definition) is 2. The molecule has 4 heterocycles. The molecule has 0 radical (unpaired) electrons. The molecule has 0 unspecified atom stereocenters. The van der Waals surface area contributed by atoms with E-state index in [9.17, 15) is 0 Å². The largest absolute Gasteiger partial charge is 0.310 e. The van der Waals surface area contributed by atoms with Gasteiger partial charge >= 0.3 is 0 Å². The Morgan fingerprint density at radius 1 is 0.246 bits per heavy atom. The second-order valence-electron chi connectivity index (χ2n) is 39.6. The second kappa shape index (κ2) is 27.9. The zero-order valence-corrected chi connectivity index (χ0v) is 72.9. The van der Waals surface area contributed by atoms with Crippen LogP contribution in [-0.2, 0) is 32.5 Å². The number of hydrogen-bond donors (Lipinski definition) is 0. The van der Waals surface area contributed by atoms with Gasteiger partial charge in [0.25, 0.3) is 6.71 Å². The van der Waals surface area contributed by atoms with Crippen molar-refractivity contribution in [2.24, 2.45) is 0 Å². The molecule has 18 aromatic rings. The van der Waals surface area contributed by atoms with Gasteiger partial charge in [-0.15, -0.1) is 0 Å². The summed E-state index contributed by atoms with van der Waals surface area (Å²) >= 11 is 0. The molecule has 5 heteroatoms. The maximum atomic E-state index is 2.77. The third-order valence-corrected chi connectivity index (χ3v) is 26.9. The second-order valence-corrected chi connectivity index (χ2v) is 39.6. The Morgan fingerprint density at radius 2 is 0.590 bits per heavy atom. The van der Waals surface area contributed by atoms with Gasteiger partial charge in [-0.2, -0.15) is 0 Å². The highest BCUT2D eigenvalue weighted by Crippen LogP contribution is 2.61. The Hall–Kier alpha value is -13.2. The number of nitrogens with zero attached hydrogens (tertiary/aromatic N) is 4. The lowest BCUT2D eigenvalue weighted by atomic mass is 9.33. The Labute approximate surface area is 720 Å². The van der Waals surface area contributed by atoms with Gasteiger partial charge in [0.1, 0.15) is 0 Å². The van der Waals surface area contributed by atoms with Gasteiger partial charge < -0.3 is 18.9 Å². The van der Waals surface area contributed by atoms with Crippen LogP contribution in [0.3, 0.4) is 0 Å². The van der Waals surface area contributed by atoms with Crippen LogP contribution < -0.4 is 26.2 Å². The molecule has 16 aromatic carbocycles. The first-order chi connectivity index (χ1) is 58.7. The summed E-state index contributed by atoms with van der Waals surface area (Å²) in [7, 11) is 0. The topological polar surface area (TPSA) is 16.3 Å². The van der Waals surface area contributed by atoms with Crippen LogP contribution in [-0.4, -0.2) is 15.8 Å². The van der Waals surface area contributed by atoms with Gasteiger partial charge in [-0.05, 0) is 224 Å². The minimum absolute atomic E-state index is 0.0756.